The van der Waals surface area contributed by atoms with E-state index < -0.39 is 0 Å². The van der Waals surface area contributed by atoms with Crippen molar-refractivity contribution in [1.82, 2.24) is 14.9 Å². The van der Waals surface area contributed by atoms with Crippen LogP contribution in [-0.4, -0.2) is 20.8 Å². The van der Waals surface area contributed by atoms with Crippen LogP contribution in [0.25, 0.3) is 0 Å². The lowest BCUT2D eigenvalue weighted by atomic mass is 10.1. The summed E-state index contributed by atoms with van der Waals surface area (Å²) in [6, 6.07) is 11.2. The minimum atomic E-state index is -0.339. The predicted octanol–water partition coefficient (Wildman–Crippen LogP) is 3.08. The average Bonchev–Trinajstić information content (AvgIpc) is 3.22. The van der Waals surface area contributed by atoms with E-state index in [0.29, 0.717) is 12.1 Å². The third-order valence-corrected chi connectivity index (χ3v) is 4.06. The molecule has 1 aliphatic rings. The fraction of sp³-hybridized carbons (Fsp3) is 0.176. The molecule has 2 N–H and O–H groups in total. The number of para-hydroxylation sites is 1. The van der Waals surface area contributed by atoms with E-state index in [4.69, 9.17) is 4.42 Å². The molecular formula is C17H16N4O2. The van der Waals surface area contributed by atoms with Crippen LogP contribution in [0.2, 0.25) is 0 Å². The first-order valence-electron chi connectivity index (χ1n) is 7.43. The number of H-pyrrole nitrogens is 1. The Balaban J connectivity index is 1.78. The Kier molecular flexibility index (Phi) is 3.15. The molecule has 1 aromatic carbocycles. The number of rotatable bonds is 3. The van der Waals surface area contributed by atoms with Gasteiger partial charge in [0.1, 0.15) is 17.6 Å². The maximum Gasteiger partial charge on any atom is 0.258 e. The van der Waals surface area contributed by atoms with Gasteiger partial charge in [-0.25, -0.2) is 4.98 Å². The molecule has 0 saturated carbocycles. The van der Waals surface area contributed by atoms with E-state index in [9.17, 15) is 4.79 Å². The topological polar surface area (TPSA) is 74.2 Å². The zero-order valence-electron chi connectivity index (χ0n) is 12.6. The zero-order chi connectivity index (χ0) is 15.8. The first-order chi connectivity index (χ1) is 11.2. The molecule has 0 spiro atoms. The van der Waals surface area contributed by atoms with Crippen LogP contribution in [0.3, 0.4) is 0 Å². The smallest absolute Gasteiger partial charge is 0.258 e. The monoisotopic (exact) mass is 308 g/mol. The van der Waals surface area contributed by atoms with Crippen LogP contribution in [0.4, 0.5) is 5.69 Å². The third-order valence-electron chi connectivity index (χ3n) is 4.06. The number of fused-ring (bicyclic) bond motifs is 1. The number of aromatic nitrogens is 2. The molecule has 0 saturated heterocycles. The van der Waals surface area contributed by atoms with Gasteiger partial charge in [-0.15, -0.1) is 0 Å². The van der Waals surface area contributed by atoms with E-state index in [1.807, 2.05) is 43.3 Å². The first kappa shape index (κ1) is 13.6. The largest absolute Gasteiger partial charge is 0.467 e. The number of hydrogen-bond donors (Lipinski definition) is 2. The fourth-order valence-corrected chi connectivity index (χ4v) is 2.89. The second kappa shape index (κ2) is 5.31. The summed E-state index contributed by atoms with van der Waals surface area (Å²) in [5.74, 6) is 0.695. The number of anilines is 1. The molecule has 0 fully saturated rings. The van der Waals surface area contributed by atoms with Crippen molar-refractivity contribution in [2.75, 3.05) is 5.32 Å². The van der Waals surface area contributed by atoms with E-state index >= 15 is 0 Å². The Hall–Kier alpha value is -3.02. The van der Waals surface area contributed by atoms with Crippen molar-refractivity contribution in [3.05, 3.63) is 71.7 Å². The number of imidazole rings is 1. The van der Waals surface area contributed by atoms with Crippen molar-refractivity contribution in [3.8, 4) is 0 Å². The highest BCUT2D eigenvalue weighted by molar-refractivity contribution is 6.01. The second-order valence-corrected chi connectivity index (χ2v) is 5.52. The molecule has 4 rings (SSSR count). The number of aromatic amines is 1. The molecule has 2 aromatic heterocycles. The second-order valence-electron chi connectivity index (χ2n) is 5.52. The van der Waals surface area contributed by atoms with Crippen LogP contribution < -0.4 is 5.32 Å². The average molecular weight is 308 g/mol. The van der Waals surface area contributed by atoms with Gasteiger partial charge in [0.2, 0.25) is 0 Å². The van der Waals surface area contributed by atoms with E-state index in [1.165, 1.54) is 0 Å². The number of carbonyl (C=O) groups excluding carboxylic acids is 1. The van der Waals surface area contributed by atoms with Crippen molar-refractivity contribution in [1.29, 1.82) is 0 Å². The van der Waals surface area contributed by atoms with Gasteiger partial charge in [-0.1, -0.05) is 12.1 Å². The molecule has 0 aliphatic carbocycles. The zero-order valence-corrected chi connectivity index (χ0v) is 12.6. The number of nitrogens with one attached hydrogen (secondary N) is 2. The highest BCUT2D eigenvalue weighted by Crippen LogP contribution is 2.34. The van der Waals surface area contributed by atoms with Crippen molar-refractivity contribution in [3.63, 3.8) is 0 Å². The van der Waals surface area contributed by atoms with Gasteiger partial charge in [0.15, 0.2) is 0 Å². The van der Waals surface area contributed by atoms with E-state index in [0.717, 1.165) is 22.8 Å². The van der Waals surface area contributed by atoms with Crippen LogP contribution >= 0.6 is 0 Å². The molecule has 116 valence electrons. The molecule has 0 bridgehead atoms. The molecule has 0 radical (unpaired) electrons. The molecule has 3 aromatic rings. The Labute approximate surface area is 133 Å². The number of nitrogens with zero attached hydrogens (tertiary/aromatic N) is 2. The lowest BCUT2D eigenvalue weighted by molar-refractivity contribution is 0.0647. The van der Waals surface area contributed by atoms with Gasteiger partial charge in [-0.05, 0) is 31.2 Å². The molecule has 1 unspecified atom stereocenters. The molecule has 23 heavy (non-hydrogen) atoms. The van der Waals surface area contributed by atoms with Crippen LogP contribution in [0, 0.1) is 6.92 Å². The van der Waals surface area contributed by atoms with Gasteiger partial charge in [-0.3, -0.25) is 4.79 Å². The summed E-state index contributed by atoms with van der Waals surface area (Å²) >= 11 is 0. The molecule has 6 nitrogen and oxygen atoms in total. The van der Waals surface area contributed by atoms with E-state index in [1.54, 1.807) is 17.5 Å². The Morgan fingerprint density at radius 3 is 2.87 bits per heavy atom. The van der Waals surface area contributed by atoms with Crippen molar-refractivity contribution in [2.24, 2.45) is 0 Å². The van der Waals surface area contributed by atoms with Crippen molar-refractivity contribution < 1.29 is 9.21 Å². The summed E-state index contributed by atoms with van der Waals surface area (Å²) in [6.07, 6.45) is 2.91. The minimum absolute atomic E-state index is 0.0387. The van der Waals surface area contributed by atoms with Crippen LogP contribution in [0.1, 0.15) is 33.7 Å². The molecule has 6 heteroatoms. The number of aryl methyl sites for hydroxylation is 1. The highest BCUT2D eigenvalue weighted by atomic mass is 16.3. The third kappa shape index (κ3) is 2.28. The minimum Gasteiger partial charge on any atom is -0.467 e. The Morgan fingerprint density at radius 2 is 2.13 bits per heavy atom. The lowest BCUT2D eigenvalue weighted by Gasteiger charge is -2.36. The molecule has 1 aliphatic heterocycles. The summed E-state index contributed by atoms with van der Waals surface area (Å²) < 4.78 is 5.42. The Morgan fingerprint density at radius 1 is 1.26 bits per heavy atom. The lowest BCUT2D eigenvalue weighted by Crippen LogP contribution is -2.42. The number of carbonyl (C=O) groups is 1. The van der Waals surface area contributed by atoms with Gasteiger partial charge >= 0.3 is 0 Å². The van der Waals surface area contributed by atoms with Gasteiger partial charge < -0.3 is 19.6 Å². The summed E-state index contributed by atoms with van der Waals surface area (Å²) in [4.78, 5) is 22.2. The molecule has 3 heterocycles. The van der Waals surface area contributed by atoms with Crippen LogP contribution in [-0.2, 0) is 6.54 Å². The van der Waals surface area contributed by atoms with Crippen LogP contribution in [0.5, 0.6) is 0 Å². The van der Waals surface area contributed by atoms with E-state index in [2.05, 4.69) is 15.3 Å². The number of benzene rings is 1. The van der Waals surface area contributed by atoms with Gasteiger partial charge in [0, 0.05) is 11.4 Å². The van der Waals surface area contributed by atoms with Crippen LogP contribution in [0.15, 0.2) is 53.4 Å². The number of hydrogen-bond acceptors (Lipinski definition) is 4. The molecule has 1 amide bonds. The Bertz CT molecular complexity index is 838. The van der Waals surface area contributed by atoms with Gasteiger partial charge in [-0.2, -0.15) is 0 Å². The highest BCUT2D eigenvalue weighted by Gasteiger charge is 2.35. The summed E-state index contributed by atoms with van der Waals surface area (Å²) in [6.45, 7) is 2.32. The summed E-state index contributed by atoms with van der Waals surface area (Å²) in [7, 11) is 0. The number of amides is 1. The number of furan rings is 1. The van der Waals surface area contributed by atoms with Crippen molar-refractivity contribution >= 4 is 11.6 Å². The SMILES string of the molecule is Cc1[nH]cnc1C1Nc2ccccc2C(=O)N1Cc1ccco1. The summed E-state index contributed by atoms with van der Waals surface area (Å²) in [5.41, 5.74) is 3.21. The normalized spacial score (nSPS) is 17.0. The fourth-order valence-electron chi connectivity index (χ4n) is 2.89. The first-order valence-corrected chi connectivity index (χ1v) is 7.43. The van der Waals surface area contributed by atoms with Gasteiger partial charge in [0.05, 0.1) is 24.7 Å². The predicted molar refractivity (Wildman–Crippen MR) is 84.7 cm³/mol. The molecule has 1 atom stereocenters. The summed E-state index contributed by atoms with van der Waals surface area (Å²) in [5, 5.41) is 3.41. The maximum atomic E-state index is 13.0. The molecular weight excluding hydrogens is 292 g/mol. The van der Waals surface area contributed by atoms with E-state index in [-0.39, 0.29) is 12.1 Å². The quantitative estimate of drug-likeness (QED) is 0.780. The maximum absolute atomic E-state index is 13.0. The van der Waals surface area contributed by atoms with Crippen molar-refractivity contribution in [2.45, 2.75) is 19.6 Å². The van der Waals surface area contributed by atoms with Gasteiger partial charge in [0.25, 0.3) is 5.91 Å². The standard InChI is InChI=1S/C17H16N4O2/c1-11-15(19-10-18-11)16-20-14-7-3-2-6-13(14)17(22)21(16)9-12-5-4-8-23-12/h2-8,10,16,20H,9H2,1H3,(H,18,19).